The summed E-state index contributed by atoms with van der Waals surface area (Å²) < 4.78 is 20.4. The molecule has 1 fully saturated rings. The largest absolute Gasteiger partial charge is 0.489 e. The Labute approximate surface area is 131 Å². The van der Waals surface area contributed by atoms with Crippen LogP contribution in [-0.4, -0.2) is 29.6 Å². The molecule has 2 N–H and O–H groups in total. The van der Waals surface area contributed by atoms with E-state index in [0.717, 1.165) is 31.5 Å². The Morgan fingerprint density at radius 3 is 2.95 bits per heavy atom. The summed E-state index contributed by atoms with van der Waals surface area (Å²) in [5.41, 5.74) is 3.41. The molecule has 0 amide bonds. The number of nitrogens with one attached hydrogen (secondary N) is 1. The molecular formula is C15H18BrFN2O2. The maximum Gasteiger partial charge on any atom is 0.150 e. The van der Waals surface area contributed by atoms with Gasteiger partial charge in [-0.3, -0.25) is 0 Å². The van der Waals surface area contributed by atoms with Crippen LogP contribution in [0, 0.1) is 11.7 Å². The number of benzene rings is 1. The first-order valence-corrected chi connectivity index (χ1v) is 7.93. The van der Waals surface area contributed by atoms with Gasteiger partial charge in [-0.05, 0) is 47.3 Å². The second kappa shape index (κ2) is 5.57. The topological polar surface area (TPSA) is 53.9 Å². The molecule has 1 atom stereocenters. The van der Waals surface area contributed by atoms with Gasteiger partial charge in [0.1, 0.15) is 18.2 Å². The first-order valence-electron chi connectivity index (χ1n) is 7.14. The summed E-state index contributed by atoms with van der Waals surface area (Å²) in [5.74, 6) is 0.254. The van der Waals surface area contributed by atoms with Gasteiger partial charge < -0.3 is 15.3 Å². The SMILES string of the molecule is CC1CCNN=C1c1ccc(OCC2(O)CC2)c(Br)c1F. The van der Waals surface area contributed by atoms with E-state index in [4.69, 9.17) is 4.74 Å². The van der Waals surface area contributed by atoms with Crippen molar-refractivity contribution in [1.29, 1.82) is 0 Å². The Balaban J connectivity index is 1.83. The zero-order valence-corrected chi connectivity index (χ0v) is 13.4. The van der Waals surface area contributed by atoms with Crippen molar-refractivity contribution in [1.82, 2.24) is 5.43 Å². The molecule has 114 valence electrons. The standard InChI is InChI=1S/C15H18BrFN2O2/c1-9-4-7-18-19-14(9)10-2-3-11(12(16)13(10)17)21-8-15(20)5-6-15/h2-3,9,18,20H,4-8H2,1H3. The van der Waals surface area contributed by atoms with Crippen LogP contribution in [0.25, 0.3) is 0 Å². The van der Waals surface area contributed by atoms with E-state index in [1.165, 1.54) is 0 Å². The Hall–Kier alpha value is -1.14. The normalized spacial score (nSPS) is 23.2. The smallest absolute Gasteiger partial charge is 0.150 e. The highest BCUT2D eigenvalue weighted by Gasteiger charge is 2.41. The first-order chi connectivity index (χ1) is 10.0. The van der Waals surface area contributed by atoms with Gasteiger partial charge in [0, 0.05) is 18.0 Å². The second-order valence-electron chi connectivity index (χ2n) is 5.85. The Bertz CT molecular complexity index is 587. The molecule has 0 bridgehead atoms. The zero-order chi connectivity index (χ0) is 15.0. The van der Waals surface area contributed by atoms with Gasteiger partial charge >= 0.3 is 0 Å². The van der Waals surface area contributed by atoms with Crippen molar-refractivity contribution < 1.29 is 14.2 Å². The molecule has 0 aromatic heterocycles. The number of nitrogens with zero attached hydrogens (tertiary/aromatic N) is 1. The van der Waals surface area contributed by atoms with E-state index < -0.39 is 5.60 Å². The van der Waals surface area contributed by atoms with Crippen LogP contribution in [-0.2, 0) is 0 Å². The van der Waals surface area contributed by atoms with Gasteiger partial charge in [0.05, 0.1) is 15.8 Å². The molecule has 0 radical (unpaired) electrons. The number of ether oxygens (including phenoxy) is 1. The molecule has 6 heteroatoms. The maximum absolute atomic E-state index is 14.6. The molecule has 1 aromatic carbocycles. The average Bonchev–Trinajstić information content (AvgIpc) is 3.20. The summed E-state index contributed by atoms with van der Waals surface area (Å²) >= 11 is 3.25. The van der Waals surface area contributed by atoms with Crippen molar-refractivity contribution in [2.45, 2.75) is 31.8 Å². The average molecular weight is 357 g/mol. The van der Waals surface area contributed by atoms with Crippen molar-refractivity contribution >= 4 is 21.6 Å². The highest BCUT2D eigenvalue weighted by Crippen LogP contribution is 2.37. The van der Waals surface area contributed by atoms with Gasteiger partial charge in [0.25, 0.3) is 0 Å². The van der Waals surface area contributed by atoms with Gasteiger partial charge in [-0.25, -0.2) is 4.39 Å². The fourth-order valence-electron chi connectivity index (χ4n) is 2.34. The molecule has 1 aliphatic heterocycles. The van der Waals surface area contributed by atoms with E-state index >= 15 is 0 Å². The Morgan fingerprint density at radius 1 is 1.52 bits per heavy atom. The van der Waals surface area contributed by atoms with Gasteiger partial charge in [0.2, 0.25) is 0 Å². The molecule has 1 aliphatic carbocycles. The minimum Gasteiger partial charge on any atom is -0.489 e. The lowest BCUT2D eigenvalue weighted by Gasteiger charge is -2.21. The first kappa shape index (κ1) is 14.8. The van der Waals surface area contributed by atoms with Crippen LogP contribution in [0.4, 0.5) is 4.39 Å². The third-order valence-corrected chi connectivity index (χ3v) is 4.74. The van der Waals surface area contributed by atoms with E-state index in [9.17, 15) is 9.50 Å². The molecule has 0 saturated heterocycles. The summed E-state index contributed by atoms with van der Waals surface area (Å²) in [5, 5.41) is 14.0. The third kappa shape index (κ3) is 3.06. The minimum absolute atomic E-state index is 0.198. The monoisotopic (exact) mass is 356 g/mol. The molecule has 1 heterocycles. The Morgan fingerprint density at radius 2 is 2.29 bits per heavy atom. The van der Waals surface area contributed by atoms with Gasteiger partial charge in [-0.1, -0.05) is 6.92 Å². The highest BCUT2D eigenvalue weighted by atomic mass is 79.9. The van der Waals surface area contributed by atoms with Gasteiger partial charge in [-0.15, -0.1) is 0 Å². The van der Waals surface area contributed by atoms with Crippen LogP contribution in [0.2, 0.25) is 0 Å². The lowest BCUT2D eigenvalue weighted by molar-refractivity contribution is 0.0850. The van der Waals surface area contributed by atoms with Crippen LogP contribution in [0.1, 0.15) is 31.7 Å². The minimum atomic E-state index is -0.722. The quantitative estimate of drug-likeness (QED) is 0.871. The number of hydrogen-bond donors (Lipinski definition) is 2. The number of hydrogen-bond acceptors (Lipinski definition) is 4. The lowest BCUT2D eigenvalue weighted by Crippen LogP contribution is -2.28. The van der Waals surface area contributed by atoms with Gasteiger partial charge in [0.15, 0.2) is 0 Å². The van der Waals surface area contributed by atoms with Crippen molar-refractivity contribution in [3.05, 3.63) is 28.0 Å². The molecule has 3 rings (SSSR count). The van der Waals surface area contributed by atoms with Gasteiger partial charge in [-0.2, -0.15) is 5.10 Å². The molecule has 21 heavy (non-hydrogen) atoms. The zero-order valence-electron chi connectivity index (χ0n) is 11.8. The van der Waals surface area contributed by atoms with Crippen LogP contribution in [0.15, 0.2) is 21.7 Å². The highest BCUT2D eigenvalue weighted by molar-refractivity contribution is 9.10. The van der Waals surface area contributed by atoms with E-state index in [1.54, 1.807) is 12.1 Å². The maximum atomic E-state index is 14.6. The summed E-state index contributed by atoms with van der Waals surface area (Å²) in [4.78, 5) is 0. The molecule has 2 aliphatic rings. The van der Waals surface area contributed by atoms with Crippen molar-refractivity contribution in [2.75, 3.05) is 13.2 Å². The van der Waals surface area contributed by atoms with Crippen molar-refractivity contribution in [2.24, 2.45) is 11.0 Å². The number of rotatable bonds is 4. The summed E-state index contributed by atoms with van der Waals surface area (Å²) in [7, 11) is 0. The summed E-state index contributed by atoms with van der Waals surface area (Å²) in [6.07, 6.45) is 2.41. The Kier molecular flexibility index (Phi) is 3.92. The fraction of sp³-hybridized carbons (Fsp3) is 0.533. The summed E-state index contributed by atoms with van der Waals surface area (Å²) in [6, 6.07) is 3.41. The molecule has 0 spiro atoms. The van der Waals surface area contributed by atoms with Crippen LogP contribution in [0.5, 0.6) is 5.75 Å². The van der Waals surface area contributed by atoms with E-state index in [1.807, 2.05) is 6.92 Å². The molecular weight excluding hydrogens is 339 g/mol. The predicted molar refractivity (Wildman–Crippen MR) is 82.1 cm³/mol. The molecule has 1 aromatic rings. The van der Waals surface area contributed by atoms with Crippen molar-refractivity contribution in [3.8, 4) is 5.75 Å². The fourth-order valence-corrected chi connectivity index (χ4v) is 2.80. The molecule has 1 unspecified atom stereocenters. The number of aliphatic hydroxyl groups is 1. The van der Waals surface area contributed by atoms with Crippen LogP contribution >= 0.6 is 15.9 Å². The van der Waals surface area contributed by atoms with Crippen LogP contribution in [0.3, 0.4) is 0 Å². The molecule has 1 saturated carbocycles. The lowest BCUT2D eigenvalue weighted by atomic mass is 9.94. The number of hydrazone groups is 1. The predicted octanol–water partition coefficient (Wildman–Crippen LogP) is 2.83. The van der Waals surface area contributed by atoms with E-state index in [-0.39, 0.29) is 22.8 Å². The van der Waals surface area contributed by atoms with Crippen LogP contribution < -0.4 is 10.2 Å². The molecule has 4 nitrogen and oxygen atoms in total. The second-order valence-corrected chi connectivity index (χ2v) is 6.64. The number of halogens is 2. The van der Waals surface area contributed by atoms with Crippen molar-refractivity contribution in [3.63, 3.8) is 0 Å². The summed E-state index contributed by atoms with van der Waals surface area (Å²) in [6.45, 7) is 3.05. The van der Waals surface area contributed by atoms with E-state index in [2.05, 4.69) is 26.5 Å². The third-order valence-electron chi connectivity index (χ3n) is 4.00. The van der Waals surface area contributed by atoms with E-state index in [0.29, 0.717) is 11.3 Å².